The molecule has 4 atom stereocenters. The van der Waals surface area contributed by atoms with Gasteiger partial charge in [-0.15, -0.1) is 0 Å². The maximum atomic E-state index is 12.4. The van der Waals surface area contributed by atoms with Crippen molar-refractivity contribution >= 4 is 17.5 Å². The van der Waals surface area contributed by atoms with Gasteiger partial charge in [-0.05, 0) is 42.7 Å². The number of rotatable bonds is 3. The summed E-state index contributed by atoms with van der Waals surface area (Å²) < 4.78 is 0. The van der Waals surface area contributed by atoms with Crippen LogP contribution in [0, 0.1) is 11.8 Å². The Bertz CT molecular complexity index is 502. The molecule has 108 valence electrons. The van der Waals surface area contributed by atoms with Crippen LogP contribution in [0.25, 0.3) is 0 Å². The van der Waals surface area contributed by atoms with Crippen molar-refractivity contribution < 1.29 is 4.79 Å². The van der Waals surface area contributed by atoms with Crippen LogP contribution in [0.1, 0.15) is 50.5 Å². The third kappa shape index (κ3) is 2.85. The second kappa shape index (κ2) is 5.77. The summed E-state index contributed by atoms with van der Waals surface area (Å²) in [7, 11) is 0. The molecular weight excluding hydrogens is 270 g/mol. The van der Waals surface area contributed by atoms with Crippen LogP contribution in [-0.2, 0) is 4.79 Å². The number of halogens is 1. The predicted molar refractivity (Wildman–Crippen MR) is 81.9 cm³/mol. The molecule has 0 spiro atoms. The third-order valence-corrected chi connectivity index (χ3v) is 5.22. The zero-order valence-corrected chi connectivity index (χ0v) is 12.7. The maximum Gasteiger partial charge on any atom is 0.223 e. The molecule has 1 amide bonds. The van der Waals surface area contributed by atoms with E-state index in [1.165, 1.54) is 19.3 Å². The van der Waals surface area contributed by atoms with E-state index < -0.39 is 0 Å². The molecule has 0 aromatic heterocycles. The average molecular weight is 292 g/mol. The van der Waals surface area contributed by atoms with Gasteiger partial charge in [-0.1, -0.05) is 49.6 Å². The molecule has 0 saturated heterocycles. The highest BCUT2D eigenvalue weighted by Crippen LogP contribution is 2.49. The standard InChI is InChI=1S/C17H22ClNO/c1-11-6-2-5-9-16(11)19-17(20)14-10-13(14)12-7-3-4-8-15(12)18/h3-4,7-8,11,13-14,16H,2,5-6,9-10H2,1H3,(H,19,20). The Morgan fingerprint density at radius 2 is 2.00 bits per heavy atom. The summed E-state index contributed by atoms with van der Waals surface area (Å²) in [6.07, 6.45) is 5.86. The monoisotopic (exact) mass is 291 g/mol. The van der Waals surface area contributed by atoms with Crippen LogP contribution < -0.4 is 5.32 Å². The number of carbonyl (C=O) groups is 1. The second-order valence-electron chi connectivity index (χ2n) is 6.35. The van der Waals surface area contributed by atoms with Crippen molar-refractivity contribution in [3.63, 3.8) is 0 Å². The number of amides is 1. The van der Waals surface area contributed by atoms with Crippen molar-refractivity contribution in [2.45, 2.75) is 51.0 Å². The minimum atomic E-state index is 0.129. The molecule has 4 unspecified atom stereocenters. The quantitative estimate of drug-likeness (QED) is 0.891. The lowest BCUT2D eigenvalue weighted by Crippen LogP contribution is -2.41. The van der Waals surface area contributed by atoms with E-state index in [0.717, 1.165) is 23.4 Å². The largest absolute Gasteiger partial charge is 0.353 e. The summed E-state index contributed by atoms with van der Waals surface area (Å²) >= 11 is 6.21. The molecule has 0 heterocycles. The van der Waals surface area contributed by atoms with E-state index in [2.05, 4.69) is 12.2 Å². The lowest BCUT2D eigenvalue weighted by molar-refractivity contribution is -0.123. The van der Waals surface area contributed by atoms with Crippen LogP contribution in [0.5, 0.6) is 0 Å². The lowest BCUT2D eigenvalue weighted by Gasteiger charge is -2.29. The Balaban J connectivity index is 1.59. The van der Waals surface area contributed by atoms with Crippen molar-refractivity contribution in [1.29, 1.82) is 0 Å². The molecule has 0 radical (unpaired) electrons. The second-order valence-corrected chi connectivity index (χ2v) is 6.75. The van der Waals surface area contributed by atoms with Crippen molar-refractivity contribution in [3.8, 4) is 0 Å². The Kier molecular flexibility index (Phi) is 4.02. The van der Waals surface area contributed by atoms with Crippen LogP contribution in [-0.4, -0.2) is 11.9 Å². The van der Waals surface area contributed by atoms with Gasteiger partial charge in [0, 0.05) is 17.0 Å². The molecular formula is C17H22ClNO. The predicted octanol–water partition coefficient (Wildman–Crippen LogP) is 4.14. The highest BCUT2D eigenvalue weighted by Gasteiger charge is 2.45. The molecule has 2 saturated carbocycles. The number of nitrogens with one attached hydrogen (secondary N) is 1. The van der Waals surface area contributed by atoms with Gasteiger partial charge in [0.05, 0.1) is 0 Å². The smallest absolute Gasteiger partial charge is 0.223 e. The summed E-state index contributed by atoms with van der Waals surface area (Å²) in [5.41, 5.74) is 1.13. The fraction of sp³-hybridized carbons (Fsp3) is 0.588. The van der Waals surface area contributed by atoms with Gasteiger partial charge in [0.25, 0.3) is 0 Å². The van der Waals surface area contributed by atoms with Crippen LogP contribution >= 0.6 is 11.6 Å². The van der Waals surface area contributed by atoms with Gasteiger partial charge >= 0.3 is 0 Å². The first-order chi connectivity index (χ1) is 9.66. The summed E-state index contributed by atoms with van der Waals surface area (Å²) in [6, 6.07) is 8.27. The first kappa shape index (κ1) is 13.9. The molecule has 2 aliphatic rings. The fourth-order valence-electron chi connectivity index (χ4n) is 3.42. The molecule has 2 fully saturated rings. The summed E-state index contributed by atoms with van der Waals surface area (Å²) in [4.78, 5) is 12.4. The molecule has 2 aliphatic carbocycles. The zero-order valence-electron chi connectivity index (χ0n) is 11.9. The molecule has 20 heavy (non-hydrogen) atoms. The fourth-order valence-corrected chi connectivity index (χ4v) is 3.70. The van der Waals surface area contributed by atoms with Crippen molar-refractivity contribution in [3.05, 3.63) is 34.9 Å². The van der Waals surface area contributed by atoms with E-state index in [4.69, 9.17) is 11.6 Å². The molecule has 0 aliphatic heterocycles. The highest BCUT2D eigenvalue weighted by molar-refractivity contribution is 6.31. The minimum absolute atomic E-state index is 0.129. The Hall–Kier alpha value is -1.02. The third-order valence-electron chi connectivity index (χ3n) is 4.87. The number of carbonyl (C=O) groups excluding carboxylic acids is 1. The number of hydrogen-bond acceptors (Lipinski definition) is 1. The van der Waals surface area contributed by atoms with Crippen molar-refractivity contribution in [2.75, 3.05) is 0 Å². The molecule has 2 nitrogen and oxygen atoms in total. The first-order valence-corrected chi connectivity index (χ1v) is 8.09. The van der Waals surface area contributed by atoms with Crippen molar-refractivity contribution in [2.24, 2.45) is 11.8 Å². The van der Waals surface area contributed by atoms with E-state index in [0.29, 0.717) is 17.9 Å². The maximum absolute atomic E-state index is 12.4. The average Bonchev–Trinajstić information content (AvgIpc) is 3.22. The zero-order chi connectivity index (χ0) is 14.1. The van der Waals surface area contributed by atoms with Crippen molar-refractivity contribution in [1.82, 2.24) is 5.32 Å². The SMILES string of the molecule is CC1CCCCC1NC(=O)C1CC1c1ccccc1Cl. The molecule has 1 aromatic carbocycles. The minimum Gasteiger partial charge on any atom is -0.353 e. The molecule has 0 bridgehead atoms. The van der Waals surface area contributed by atoms with Crippen LogP contribution in [0.3, 0.4) is 0 Å². The number of benzene rings is 1. The van der Waals surface area contributed by atoms with Gasteiger partial charge in [-0.25, -0.2) is 0 Å². The Labute approximate surface area is 125 Å². The first-order valence-electron chi connectivity index (χ1n) is 7.71. The summed E-state index contributed by atoms with van der Waals surface area (Å²) in [6.45, 7) is 2.25. The summed E-state index contributed by atoms with van der Waals surface area (Å²) in [5.74, 6) is 1.30. The van der Waals surface area contributed by atoms with Gasteiger partial charge in [0.15, 0.2) is 0 Å². The van der Waals surface area contributed by atoms with E-state index in [-0.39, 0.29) is 11.8 Å². The van der Waals surface area contributed by atoms with Gasteiger partial charge in [0.2, 0.25) is 5.91 Å². The summed E-state index contributed by atoms with van der Waals surface area (Å²) in [5, 5.41) is 4.06. The Morgan fingerprint density at radius 1 is 1.25 bits per heavy atom. The van der Waals surface area contributed by atoms with Crippen LogP contribution in [0.15, 0.2) is 24.3 Å². The van der Waals surface area contributed by atoms with E-state index in [1.807, 2.05) is 24.3 Å². The van der Waals surface area contributed by atoms with E-state index in [1.54, 1.807) is 0 Å². The van der Waals surface area contributed by atoms with Crippen LogP contribution in [0.4, 0.5) is 0 Å². The Morgan fingerprint density at radius 3 is 2.75 bits per heavy atom. The van der Waals surface area contributed by atoms with Gasteiger partial charge in [-0.2, -0.15) is 0 Å². The molecule has 1 N–H and O–H groups in total. The molecule has 3 heteroatoms. The lowest BCUT2D eigenvalue weighted by atomic mass is 9.86. The van der Waals surface area contributed by atoms with Gasteiger partial charge in [-0.3, -0.25) is 4.79 Å². The van der Waals surface area contributed by atoms with Gasteiger partial charge in [0.1, 0.15) is 0 Å². The highest BCUT2D eigenvalue weighted by atomic mass is 35.5. The van der Waals surface area contributed by atoms with Crippen LogP contribution in [0.2, 0.25) is 5.02 Å². The van der Waals surface area contributed by atoms with E-state index in [9.17, 15) is 4.79 Å². The van der Waals surface area contributed by atoms with Gasteiger partial charge < -0.3 is 5.32 Å². The normalized spacial score (nSPS) is 32.7. The molecule has 1 aromatic rings. The van der Waals surface area contributed by atoms with E-state index >= 15 is 0 Å². The number of hydrogen-bond donors (Lipinski definition) is 1. The topological polar surface area (TPSA) is 29.1 Å². The molecule has 3 rings (SSSR count).